The Balaban J connectivity index is 1.37. The van der Waals surface area contributed by atoms with E-state index in [0.717, 1.165) is 29.0 Å². The van der Waals surface area contributed by atoms with Crippen molar-refractivity contribution in [3.63, 3.8) is 0 Å². The first-order chi connectivity index (χ1) is 17.6. The van der Waals surface area contributed by atoms with Crippen LogP contribution in [-0.4, -0.2) is 44.2 Å². The monoisotopic (exact) mass is 499 g/mol. The van der Waals surface area contributed by atoms with Crippen LogP contribution < -0.4 is 5.32 Å². The van der Waals surface area contributed by atoms with Gasteiger partial charge in [0.1, 0.15) is 0 Å². The lowest BCUT2D eigenvalue weighted by atomic mass is 10.1. The summed E-state index contributed by atoms with van der Waals surface area (Å²) in [6.07, 6.45) is 0. The van der Waals surface area contributed by atoms with Crippen LogP contribution >= 0.6 is 11.8 Å². The summed E-state index contributed by atoms with van der Waals surface area (Å²) in [6, 6.07) is 24.4. The number of hydrogen-bond acceptors (Lipinski definition) is 5. The molecular formula is C28H29N5O2S. The smallest absolute Gasteiger partial charge is 0.237 e. The molecule has 0 bridgehead atoms. The molecule has 36 heavy (non-hydrogen) atoms. The van der Waals surface area contributed by atoms with Gasteiger partial charge in [-0.15, -0.1) is 10.2 Å². The summed E-state index contributed by atoms with van der Waals surface area (Å²) in [4.78, 5) is 13.2. The highest BCUT2D eigenvalue weighted by atomic mass is 32.2. The molecule has 2 heterocycles. The molecule has 1 amide bonds. The largest absolute Gasteiger partial charge is 0.383 e. The number of anilines is 1. The molecule has 0 saturated heterocycles. The molecule has 7 nitrogen and oxygen atoms in total. The van der Waals surface area contributed by atoms with Crippen molar-refractivity contribution in [2.24, 2.45) is 0 Å². The van der Waals surface area contributed by atoms with E-state index in [1.165, 1.54) is 28.2 Å². The number of thioether (sulfide) groups is 1. The predicted molar refractivity (Wildman–Crippen MR) is 146 cm³/mol. The molecule has 0 saturated carbocycles. The third-order valence-electron chi connectivity index (χ3n) is 6.28. The minimum absolute atomic E-state index is 0.0823. The summed E-state index contributed by atoms with van der Waals surface area (Å²) in [6.45, 7) is 6.05. The van der Waals surface area contributed by atoms with Gasteiger partial charge in [-0.3, -0.25) is 9.36 Å². The number of aryl methyl sites for hydroxylation is 1. The zero-order valence-corrected chi connectivity index (χ0v) is 21.5. The molecule has 5 aromatic rings. The molecule has 0 aliphatic carbocycles. The average Bonchev–Trinajstić information content (AvgIpc) is 3.45. The topological polar surface area (TPSA) is 74.0 Å². The average molecular weight is 500 g/mol. The summed E-state index contributed by atoms with van der Waals surface area (Å²) >= 11 is 1.40. The Hall–Kier alpha value is -3.62. The number of methoxy groups -OCH3 is 1. The minimum Gasteiger partial charge on any atom is -0.383 e. The van der Waals surface area contributed by atoms with E-state index >= 15 is 0 Å². The maximum absolute atomic E-state index is 13.2. The molecule has 5 rings (SSSR count). The molecule has 1 atom stereocenters. The van der Waals surface area contributed by atoms with Crippen molar-refractivity contribution in [2.45, 2.75) is 37.3 Å². The Kier molecular flexibility index (Phi) is 7.06. The second-order valence-corrected chi connectivity index (χ2v) is 9.87. The summed E-state index contributed by atoms with van der Waals surface area (Å²) in [7, 11) is 1.67. The van der Waals surface area contributed by atoms with Crippen molar-refractivity contribution >= 4 is 45.2 Å². The SMILES string of the molecule is CCn1c2ccccc2c2cc(NC(=O)[C@@H](C)Sc3nnc(-c4ccccc4)n3CCOC)ccc21. The van der Waals surface area contributed by atoms with E-state index in [1.807, 2.05) is 47.9 Å². The molecular weight excluding hydrogens is 470 g/mol. The third-order valence-corrected chi connectivity index (χ3v) is 7.36. The Morgan fingerprint density at radius 3 is 2.50 bits per heavy atom. The standard InChI is InChI=1S/C28H29N5O2S/c1-4-32-24-13-9-8-12-22(24)23-18-21(14-15-25(23)32)29-27(34)19(2)36-28-31-30-26(33(28)16-17-35-3)20-10-6-5-7-11-20/h5-15,18-19H,4,16-17H2,1-3H3,(H,29,34)/t19-/m1/s1. The van der Waals surface area contributed by atoms with Gasteiger partial charge in [-0.2, -0.15) is 0 Å². The van der Waals surface area contributed by atoms with Crippen molar-refractivity contribution < 1.29 is 9.53 Å². The van der Waals surface area contributed by atoms with E-state index in [4.69, 9.17) is 4.74 Å². The number of aromatic nitrogens is 4. The number of ether oxygens (including phenoxy) is 1. The van der Waals surface area contributed by atoms with Crippen LogP contribution in [0.2, 0.25) is 0 Å². The van der Waals surface area contributed by atoms with Crippen LogP contribution in [0.1, 0.15) is 13.8 Å². The van der Waals surface area contributed by atoms with Gasteiger partial charge in [0.05, 0.1) is 18.4 Å². The number of para-hydroxylation sites is 1. The summed E-state index contributed by atoms with van der Waals surface area (Å²) in [5, 5.41) is 14.6. The molecule has 0 fully saturated rings. The van der Waals surface area contributed by atoms with Crippen molar-refractivity contribution in [2.75, 3.05) is 19.0 Å². The van der Waals surface area contributed by atoms with Gasteiger partial charge in [0.15, 0.2) is 11.0 Å². The van der Waals surface area contributed by atoms with Gasteiger partial charge in [-0.25, -0.2) is 0 Å². The van der Waals surface area contributed by atoms with Gasteiger partial charge >= 0.3 is 0 Å². The highest BCUT2D eigenvalue weighted by Crippen LogP contribution is 2.32. The lowest BCUT2D eigenvalue weighted by molar-refractivity contribution is -0.115. The van der Waals surface area contributed by atoms with E-state index < -0.39 is 0 Å². The first-order valence-corrected chi connectivity index (χ1v) is 12.9. The molecule has 0 spiro atoms. The summed E-state index contributed by atoms with van der Waals surface area (Å²) in [5.41, 5.74) is 4.13. The van der Waals surface area contributed by atoms with Crippen LogP contribution in [0.25, 0.3) is 33.2 Å². The lowest BCUT2D eigenvalue weighted by Gasteiger charge is -2.14. The molecule has 184 valence electrons. The lowest BCUT2D eigenvalue weighted by Crippen LogP contribution is -2.23. The van der Waals surface area contributed by atoms with Gasteiger partial charge < -0.3 is 14.6 Å². The number of amides is 1. The van der Waals surface area contributed by atoms with E-state index in [1.54, 1.807) is 7.11 Å². The predicted octanol–water partition coefficient (Wildman–Crippen LogP) is 5.84. The van der Waals surface area contributed by atoms with Crippen LogP contribution in [-0.2, 0) is 22.6 Å². The van der Waals surface area contributed by atoms with Crippen LogP contribution in [0.3, 0.4) is 0 Å². The molecule has 0 radical (unpaired) electrons. The number of fused-ring (bicyclic) bond motifs is 3. The molecule has 1 N–H and O–H groups in total. The Morgan fingerprint density at radius 1 is 0.972 bits per heavy atom. The van der Waals surface area contributed by atoms with E-state index in [0.29, 0.717) is 18.3 Å². The first kappa shape index (κ1) is 24.1. The first-order valence-electron chi connectivity index (χ1n) is 12.1. The van der Waals surface area contributed by atoms with Gasteiger partial charge in [-0.05, 0) is 38.1 Å². The van der Waals surface area contributed by atoms with Gasteiger partial charge in [-0.1, -0.05) is 60.3 Å². The Morgan fingerprint density at radius 2 is 1.72 bits per heavy atom. The molecule has 0 aliphatic rings. The maximum atomic E-state index is 13.2. The molecule has 3 aromatic carbocycles. The quantitative estimate of drug-likeness (QED) is 0.258. The Labute approximate surface area is 214 Å². The van der Waals surface area contributed by atoms with Crippen LogP contribution in [0, 0.1) is 0 Å². The van der Waals surface area contributed by atoms with Crippen molar-refractivity contribution in [3.05, 3.63) is 72.8 Å². The molecule has 0 aliphatic heterocycles. The van der Waals surface area contributed by atoms with Crippen LogP contribution in [0.5, 0.6) is 0 Å². The number of carbonyl (C=O) groups is 1. The number of hydrogen-bond donors (Lipinski definition) is 1. The molecule has 0 unspecified atom stereocenters. The van der Waals surface area contributed by atoms with E-state index in [9.17, 15) is 4.79 Å². The number of rotatable bonds is 9. The highest BCUT2D eigenvalue weighted by molar-refractivity contribution is 8.00. The normalized spacial score (nSPS) is 12.3. The zero-order valence-electron chi connectivity index (χ0n) is 20.6. The van der Waals surface area contributed by atoms with Crippen LogP contribution in [0.15, 0.2) is 78.0 Å². The number of nitrogens with one attached hydrogen (secondary N) is 1. The fourth-order valence-electron chi connectivity index (χ4n) is 4.49. The fourth-order valence-corrected chi connectivity index (χ4v) is 5.36. The number of carbonyl (C=O) groups excluding carboxylic acids is 1. The zero-order chi connectivity index (χ0) is 25.1. The second-order valence-electron chi connectivity index (χ2n) is 8.56. The number of nitrogens with zero attached hydrogens (tertiary/aromatic N) is 4. The van der Waals surface area contributed by atoms with Gasteiger partial charge in [0.2, 0.25) is 5.91 Å². The minimum atomic E-state index is -0.369. The van der Waals surface area contributed by atoms with Gasteiger partial charge in [0.25, 0.3) is 0 Å². The summed E-state index contributed by atoms with van der Waals surface area (Å²) < 4.78 is 9.61. The van der Waals surface area contributed by atoms with Crippen molar-refractivity contribution in [1.82, 2.24) is 19.3 Å². The van der Waals surface area contributed by atoms with Crippen molar-refractivity contribution in [3.8, 4) is 11.4 Å². The molecule has 2 aromatic heterocycles. The van der Waals surface area contributed by atoms with E-state index in [2.05, 4.69) is 63.4 Å². The van der Waals surface area contributed by atoms with E-state index in [-0.39, 0.29) is 11.2 Å². The third kappa shape index (κ3) is 4.62. The van der Waals surface area contributed by atoms with Crippen molar-refractivity contribution in [1.29, 1.82) is 0 Å². The Bertz CT molecular complexity index is 1510. The van der Waals surface area contributed by atoms with Gasteiger partial charge in [0, 0.05) is 46.7 Å². The maximum Gasteiger partial charge on any atom is 0.237 e. The van der Waals surface area contributed by atoms with Crippen LogP contribution in [0.4, 0.5) is 5.69 Å². The number of benzene rings is 3. The second kappa shape index (κ2) is 10.6. The molecule has 8 heteroatoms. The summed E-state index contributed by atoms with van der Waals surface area (Å²) in [5.74, 6) is 0.682. The highest BCUT2D eigenvalue weighted by Gasteiger charge is 2.21. The fraction of sp³-hybridized carbons (Fsp3) is 0.250.